The van der Waals surface area contributed by atoms with Crippen LogP contribution in [0.25, 0.3) is 6.08 Å². The monoisotopic (exact) mass is 604 g/mol. The van der Waals surface area contributed by atoms with Crippen molar-refractivity contribution in [1.29, 1.82) is 0 Å². The maximum Gasteiger partial charge on any atom is 0.270 e. The van der Waals surface area contributed by atoms with Gasteiger partial charge >= 0.3 is 0 Å². The number of hydrogen-bond donors (Lipinski definition) is 1. The van der Waals surface area contributed by atoms with Crippen molar-refractivity contribution in [3.05, 3.63) is 85.3 Å². The van der Waals surface area contributed by atoms with Gasteiger partial charge in [0.25, 0.3) is 11.8 Å². The van der Waals surface area contributed by atoms with Crippen molar-refractivity contribution in [2.45, 2.75) is 13.8 Å². The second-order valence-electron chi connectivity index (χ2n) is 8.03. The van der Waals surface area contributed by atoms with Crippen LogP contribution in [0.4, 0.5) is 11.4 Å². The van der Waals surface area contributed by atoms with Crippen LogP contribution in [-0.2, 0) is 9.59 Å². The number of carbonyl (C=O) groups is 2. The number of ether oxygens (including phenoxy) is 1. The van der Waals surface area contributed by atoms with Crippen LogP contribution in [0.1, 0.15) is 16.7 Å². The molecule has 0 saturated carbocycles. The molecule has 1 heterocycles. The molecule has 1 fully saturated rings. The number of nitrogens with zero attached hydrogens (tertiary/aromatic N) is 2. The summed E-state index contributed by atoms with van der Waals surface area (Å²) >= 11 is 21.7. The van der Waals surface area contributed by atoms with Gasteiger partial charge in [-0.15, -0.1) is 0 Å². The normalized spacial score (nSPS) is 13.9. The Morgan fingerprint density at radius 1 is 0.917 bits per heavy atom. The zero-order valence-electron chi connectivity index (χ0n) is 19.3. The van der Waals surface area contributed by atoms with Gasteiger partial charge in [0.15, 0.2) is 16.6 Å². The maximum absolute atomic E-state index is 13.7. The lowest BCUT2D eigenvalue weighted by Gasteiger charge is -2.36. The van der Waals surface area contributed by atoms with E-state index in [9.17, 15) is 14.7 Å². The van der Waals surface area contributed by atoms with Crippen LogP contribution >= 0.6 is 51.3 Å². The van der Waals surface area contributed by atoms with E-state index < -0.39 is 11.8 Å². The number of carbonyl (C=O) groups excluding carboxylic acids is 2. The summed E-state index contributed by atoms with van der Waals surface area (Å²) in [6.45, 7) is 3.67. The number of aryl methyl sites for hydroxylation is 2. The van der Waals surface area contributed by atoms with Crippen LogP contribution in [0.5, 0.6) is 11.5 Å². The third-order valence-electron chi connectivity index (χ3n) is 5.67. The van der Waals surface area contributed by atoms with E-state index in [1.54, 1.807) is 48.5 Å². The van der Waals surface area contributed by atoms with Crippen molar-refractivity contribution in [3.8, 4) is 11.5 Å². The lowest BCUT2D eigenvalue weighted by atomic mass is 10.0. The van der Waals surface area contributed by atoms with Crippen LogP contribution in [-0.4, -0.2) is 29.1 Å². The Balaban J connectivity index is 1.94. The van der Waals surface area contributed by atoms with Crippen molar-refractivity contribution < 1.29 is 19.4 Å². The number of thiocarbonyl (C=S) groups is 1. The molecule has 2 amide bonds. The van der Waals surface area contributed by atoms with Crippen molar-refractivity contribution in [3.63, 3.8) is 0 Å². The molecule has 1 aliphatic rings. The molecule has 3 aromatic carbocycles. The highest BCUT2D eigenvalue weighted by molar-refractivity contribution is 9.10. The average Bonchev–Trinajstić information content (AvgIpc) is 2.83. The molecule has 4 rings (SSSR count). The van der Waals surface area contributed by atoms with E-state index in [0.717, 1.165) is 11.1 Å². The molecule has 0 atom stereocenters. The van der Waals surface area contributed by atoms with Gasteiger partial charge < -0.3 is 9.84 Å². The topological polar surface area (TPSA) is 70.1 Å². The molecule has 0 spiro atoms. The number of aromatic hydroxyl groups is 1. The third kappa shape index (κ3) is 4.74. The average molecular weight is 606 g/mol. The fraction of sp³-hybridized carbons (Fsp3) is 0.115. The van der Waals surface area contributed by atoms with Gasteiger partial charge in [-0.3, -0.25) is 19.4 Å². The van der Waals surface area contributed by atoms with Gasteiger partial charge in [-0.25, -0.2) is 0 Å². The van der Waals surface area contributed by atoms with E-state index in [0.29, 0.717) is 25.9 Å². The molecule has 10 heteroatoms. The minimum atomic E-state index is -0.669. The predicted molar refractivity (Wildman–Crippen MR) is 150 cm³/mol. The first-order valence-corrected chi connectivity index (χ1v) is 12.5. The highest BCUT2D eigenvalue weighted by Gasteiger charge is 2.41. The molecule has 0 aliphatic carbocycles. The largest absolute Gasteiger partial charge is 0.504 e. The van der Waals surface area contributed by atoms with Gasteiger partial charge in [0, 0.05) is 20.1 Å². The fourth-order valence-corrected chi connectivity index (χ4v) is 4.82. The van der Waals surface area contributed by atoms with Crippen molar-refractivity contribution in [1.82, 2.24) is 0 Å². The third-order valence-corrected chi connectivity index (χ3v) is 7.30. The van der Waals surface area contributed by atoms with Crippen molar-refractivity contribution >= 4 is 85.7 Å². The molecule has 0 unspecified atom stereocenters. The van der Waals surface area contributed by atoms with Crippen molar-refractivity contribution in [2.75, 3.05) is 16.9 Å². The molecule has 0 bridgehead atoms. The number of halogens is 3. The van der Waals surface area contributed by atoms with E-state index in [2.05, 4.69) is 15.9 Å². The number of rotatable bonds is 4. The quantitative estimate of drug-likeness (QED) is 0.200. The van der Waals surface area contributed by atoms with Crippen LogP contribution in [0.2, 0.25) is 10.0 Å². The number of anilines is 2. The minimum absolute atomic E-state index is 0.0574. The second kappa shape index (κ2) is 10.2. The predicted octanol–water partition coefficient (Wildman–Crippen LogP) is 6.84. The Bertz CT molecular complexity index is 1400. The lowest BCUT2D eigenvalue weighted by Crippen LogP contribution is -2.57. The summed E-state index contributed by atoms with van der Waals surface area (Å²) in [6, 6.07) is 13.2. The molecule has 1 N–H and O–H groups in total. The van der Waals surface area contributed by atoms with E-state index in [1.165, 1.54) is 23.0 Å². The first kappa shape index (κ1) is 26.2. The number of benzene rings is 3. The first-order chi connectivity index (χ1) is 17.0. The Labute approximate surface area is 231 Å². The molecule has 0 radical (unpaired) electrons. The zero-order chi connectivity index (χ0) is 26.3. The van der Waals surface area contributed by atoms with Crippen molar-refractivity contribution in [2.24, 2.45) is 0 Å². The van der Waals surface area contributed by atoms with Crippen LogP contribution in [0.15, 0.2) is 58.6 Å². The SMILES string of the molecule is COc1cc(Br)cc(C=C2C(=O)N(c3ccc(C)c(Cl)c3)C(=S)N(c3ccc(C)c(Cl)c3)C2=O)c1O. The number of phenols is 1. The number of phenolic OH excluding ortho intramolecular Hbond substituents is 1. The van der Waals surface area contributed by atoms with E-state index >= 15 is 0 Å². The Hall–Kier alpha value is -2.91. The van der Waals surface area contributed by atoms with E-state index in [-0.39, 0.29) is 27.7 Å². The Morgan fingerprint density at radius 3 is 1.86 bits per heavy atom. The van der Waals surface area contributed by atoms with Gasteiger partial charge in [0.1, 0.15) is 5.57 Å². The summed E-state index contributed by atoms with van der Waals surface area (Å²) in [5.74, 6) is -1.39. The maximum atomic E-state index is 13.7. The molecule has 3 aromatic rings. The van der Waals surface area contributed by atoms with Crippen LogP contribution < -0.4 is 14.5 Å². The standard InChI is InChI=1S/C26H19BrCl2N2O4S/c1-13-4-6-17(11-20(13)28)30-24(33)19(9-15-8-16(27)10-22(35-3)23(15)32)25(34)31(26(30)36)18-7-5-14(2)21(29)12-18/h4-12,32H,1-3H3. The van der Waals surface area contributed by atoms with Gasteiger partial charge in [0.05, 0.1) is 18.5 Å². The van der Waals surface area contributed by atoms with Gasteiger partial charge in [0.2, 0.25) is 0 Å². The summed E-state index contributed by atoms with van der Waals surface area (Å²) in [4.78, 5) is 29.9. The summed E-state index contributed by atoms with van der Waals surface area (Å²) in [6.07, 6.45) is 1.31. The number of amides is 2. The number of hydrogen-bond acceptors (Lipinski definition) is 5. The lowest BCUT2D eigenvalue weighted by molar-refractivity contribution is -0.120. The van der Waals surface area contributed by atoms with Gasteiger partial charge in [-0.05, 0) is 79.7 Å². The Morgan fingerprint density at radius 2 is 1.42 bits per heavy atom. The molecule has 1 aliphatic heterocycles. The summed E-state index contributed by atoms with van der Waals surface area (Å²) < 4.78 is 5.79. The van der Waals surface area contributed by atoms with Crippen LogP contribution in [0, 0.1) is 13.8 Å². The Kier molecular flexibility index (Phi) is 7.43. The number of methoxy groups -OCH3 is 1. The fourth-order valence-electron chi connectivity index (χ4n) is 3.64. The molecule has 36 heavy (non-hydrogen) atoms. The minimum Gasteiger partial charge on any atom is -0.504 e. The summed E-state index contributed by atoms with van der Waals surface area (Å²) in [5.41, 5.74) is 2.38. The van der Waals surface area contributed by atoms with Gasteiger partial charge in [-0.1, -0.05) is 51.3 Å². The molecular weight excluding hydrogens is 587 g/mol. The van der Waals surface area contributed by atoms with Gasteiger partial charge in [-0.2, -0.15) is 0 Å². The molecule has 6 nitrogen and oxygen atoms in total. The summed E-state index contributed by atoms with van der Waals surface area (Å²) in [7, 11) is 1.40. The highest BCUT2D eigenvalue weighted by atomic mass is 79.9. The van der Waals surface area contributed by atoms with E-state index in [4.69, 9.17) is 40.2 Å². The molecule has 0 aromatic heterocycles. The van der Waals surface area contributed by atoms with Crippen LogP contribution in [0.3, 0.4) is 0 Å². The van der Waals surface area contributed by atoms with E-state index in [1.807, 2.05) is 13.8 Å². The molecule has 184 valence electrons. The zero-order valence-corrected chi connectivity index (χ0v) is 23.2. The smallest absolute Gasteiger partial charge is 0.270 e. The second-order valence-corrected chi connectivity index (χ2v) is 10.1. The first-order valence-electron chi connectivity index (χ1n) is 10.6. The summed E-state index contributed by atoms with van der Waals surface area (Å²) in [5, 5.41) is 11.5. The molecule has 1 saturated heterocycles. The highest BCUT2D eigenvalue weighted by Crippen LogP contribution is 2.37. The molecular formula is C26H19BrCl2N2O4S.